The molecule has 0 saturated carbocycles. The molecule has 5 heavy (non-hydrogen) atoms. The number of ketones is 1. The van der Waals surface area contributed by atoms with Gasteiger partial charge in [0.05, 0.1) is 0 Å². The Morgan fingerprint density at radius 1 is 1.40 bits per heavy atom. The van der Waals surface area contributed by atoms with Crippen LogP contribution in [-0.4, -0.2) is 5.78 Å². The van der Waals surface area contributed by atoms with Gasteiger partial charge in [-0.25, -0.2) is 0 Å². The molecule has 0 heterocycles. The van der Waals surface area contributed by atoms with Crippen LogP contribution in [0.4, 0.5) is 0 Å². The van der Waals surface area contributed by atoms with Gasteiger partial charge in [-0.3, -0.25) is 0 Å². The molecule has 0 aromatic carbocycles. The maximum absolute atomic E-state index is 9.44. The van der Waals surface area contributed by atoms with E-state index >= 15 is 0 Å². The molecule has 0 atom stereocenters. The van der Waals surface area contributed by atoms with Gasteiger partial charge in [0, 0.05) is 0 Å². The van der Waals surface area contributed by atoms with Crippen LogP contribution < -0.4 is 0 Å². The van der Waals surface area contributed by atoms with Crippen molar-refractivity contribution in [3.63, 3.8) is 0 Å². The number of hydrogen-bond donors (Lipinski definition) is 0. The minimum absolute atomic E-state index is 0. The number of carbonyl (C=O) groups is 1. The van der Waals surface area contributed by atoms with Gasteiger partial charge in [-0.2, -0.15) is 0 Å². The van der Waals surface area contributed by atoms with E-state index in [0.717, 1.165) is 0 Å². The molecule has 0 rings (SSSR count). The van der Waals surface area contributed by atoms with Crippen molar-refractivity contribution in [2.75, 3.05) is 0 Å². The Hall–Kier alpha value is 0.332. The molecule has 0 saturated heterocycles. The zero-order valence-electron chi connectivity index (χ0n) is 3.22. The van der Waals surface area contributed by atoms with E-state index in [4.69, 9.17) is 0 Å². The SMILES string of the molecule is CC(C)=O.[Pd+2]. The Labute approximate surface area is 45.4 Å². The second-order valence-electron chi connectivity index (χ2n) is 0.908. The molecule has 0 aromatic heterocycles. The van der Waals surface area contributed by atoms with Crippen LogP contribution in [0.3, 0.4) is 0 Å². The van der Waals surface area contributed by atoms with Gasteiger partial charge < -0.3 is 4.79 Å². The number of Topliss-reactive ketones (excluding diaryl/α,β-unsaturated/α-hetero) is 1. The quantitative estimate of drug-likeness (QED) is 0.479. The van der Waals surface area contributed by atoms with Crippen molar-refractivity contribution in [1.82, 2.24) is 0 Å². The summed E-state index contributed by atoms with van der Waals surface area (Å²) in [4.78, 5) is 9.44. The predicted molar refractivity (Wildman–Crippen MR) is 16.4 cm³/mol. The van der Waals surface area contributed by atoms with Crippen LogP contribution in [-0.2, 0) is 25.2 Å². The Bertz CT molecular complexity index is 29.9. The summed E-state index contributed by atoms with van der Waals surface area (Å²) in [7, 11) is 0. The summed E-state index contributed by atoms with van der Waals surface area (Å²) in [5, 5.41) is 0. The molecular weight excluding hydrogens is 158 g/mol. The van der Waals surface area contributed by atoms with Crippen LogP contribution in [0.5, 0.6) is 0 Å². The molecule has 0 aromatic rings. The van der Waals surface area contributed by atoms with Gasteiger partial charge in [0.25, 0.3) is 0 Å². The van der Waals surface area contributed by atoms with Crippen molar-refractivity contribution in [2.24, 2.45) is 0 Å². The summed E-state index contributed by atoms with van der Waals surface area (Å²) in [6.45, 7) is 3.06. The Balaban J connectivity index is 0. The molecule has 0 aliphatic carbocycles. The third-order valence-corrected chi connectivity index (χ3v) is 0. The second-order valence-corrected chi connectivity index (χ2v) is 0.908. The fourth-order valence-electron chi connectivity index (χ4n) is 0. The van der Waals surface area contributed by atoms with Crippen LogP contribution in [0.2, 0.25) is 0 Å². The molecule has 0 fully saturated rings. The van der Waals surface area contributed by atoms with Crippen molar-refractivity contribution >= 4 is 5.78 Å². The molecule has 0 bridgehead atoms. The van der Waals surface area contributed by atoms with Crippen molar-refractivity contribution in [1.29, 1.82) is 0 Å². The van der Waals surface area contributed by atoms with Crippen LogP contribution >= 0.6 is 0 Å². The van der Waals surface area contributed by atoms with Gasteiger partial charge >= 0.3 is 20.4 Å². The first kappa shape index (κ1) is 9.01. The van der Waals surface area contributed by atoms with Crippen molar-refractivity contribution in [3.8, 4) is 0 Å². The van der Waals surface area contributed by atoms with Crippen LogP contribution in [0, 0.1) is 0 Å². The maximum Gasteiger partial charge on any atom is 2.00 e. The first-order valence-electron chi connectivity index (χ1n) is 1.20. The minimum atomic E-state index is 0. The van der Waals surface area contributed by atoms with E-state index in [2.05, 4.69) is 0 Å². The van der Waals surface area contributed by atoms with E-state index in [1.807, 2.05) is 0 Å². The van der Waals surface area contributed by atoms with E-state index < -0.39 is 0 Å². The van der Waals surface area contributed by atoms with Crippen LogP contribution in [0.1, 0.15) is 13.8 Å². The number of carbonyl (C=O) groups excluding carboxylic acids is 1. The Morgan fingerprint density at radius 2 is 1.40 bits per heavy atom. The Kier molecular flexibility index (Phi) is 7.81. The first-order valence-corrected chi connectivity index (χ1v) is 1.20. The maximum atomic E-state index is 9.44. The fraction of sp³-hybridized carbons (Fsp3) is 0.667. The summed E-state index contributed by atoms with van der Waals surface area (Å²) in [5.41, 5.74) is 0. The Morgan fingerprint density at radius 3 is 1.40 bits per heavy atom. The van der Waals surface area contributed by atoms with Gasteiger partial charge in [0.1, 0.15) is 5.78 Å². The van der Waals surface area contributed by atoms with Gasteiger partial charge in [-0.05, 0) is 13.8 Å². The summed E-state index contributed by atoms with van der Waals surface area (Å²) >= 11 is 0. The van der Waals surface area contributed by atoms with E-state index in [0.29, 0.717) is 0 Å². The van der Waals surface area contributed by atoms with Crippen molar-refractivity contribution in [3.05, 3.63) is 0 Å². The zero-order valence-corrected chi connectivity index (χ0v) is 4.78. The molecule has 0 aliphatic rings. The van der Waals surface area contributed by atoms with E-state index in [1.165, 1.54) is 13.8 Å². The molecule has 0 amide bonds. The van der Waals surface area contributed by atoms with Crippen LogP contribution in [0.25, 0.3) is 0 Å². The minimum Gasteiger partial charge on any atom is -0.300 e. The third kappa shape index (κ3) is 213. The van der Waals surface area contributed by atoms with Gasteiger partial charge in [-0.15, -0.1) is 0 Å². The summed E-state index contributed by atoms with van der Waals surface area (Å²) in [5.74, 6) is 0.167. The topological polar surface area (TPSA) is 17.1 Å². The molecule has 2 heteroatoms. The average molecular weight is 164 g/mol. The molecule has 0 aliphatic heterocycles. The van der Waals surface area contributed by atoms with E-state index in [-0.39, 0.29) is 26.2 Å². The standard InChI is InChI=1S/C3H6O.Pd/c1-3(2)4;/h1-2H3;/q;+2. The van der Waals surface area contributed by atoms with Gasteiger partial charge in [0.15, 0.2) is 0 Å². The average Bonchev–Trinajstić information content (AvgIpc) is 0.811. The normalized spacial score (nSPS) is 5.20. The first-order chi connectivity index (χ1) is 1.73. The fourth-order valence-corrected chi connectivity index (χ4v) is 0. The molecule has 0 spiro atoms. The van der Waals surface area contributed by atoms with E-state index in [1.54, 1.807) is 0 Å². The van der Waals surface area contributed by atoms with Gasteiger partial charge in [-0.1, -0.05) is 0 Å². The largest absolute Gasteiger partial charge is 2.00 e. The molecule has 0 N–H and O–H groups in total. The smallest absolute Gasteiger partial charge is 0.300 e. The number of hydrogen-bond acceptors (Lipinski definition) is 1. The van der Waals surface area contributed by atoms with Gasteiger partial charge in [0.2, 0.25) is 0 Å². The van der Waals surface area contributed by atoms with Crippen molar-refractivity contribution in [2.45, 2.75) is 13.8 Å². The third-order valence-electron chi connectivity index (χ3n) is 0. The van der Waals surface area contributed by atoms with Crippen molar-refractivity contribution < 1.29 is 25.2 Å². The molecule has 0 unspecified atom stereocenters. The monoisotopic (exact) mass is 164 g/mol. The molecule has 0 radical (unpaired) electrons. The van der Waals surface area contributed by atoms with Crippen LogP contribution in [0.15, 0.2) is 0 Å². The predicted octanol–water partition coefficient (Wildman–Crippen LogP) is 0.593. The summed E-state index contributed by atoms with van der Waals surface area (Å²) < 4.78 is 0. The molecule has 1 nitrogen and oxygen atoms in total. The second kappa shape index (κ2) is 4.33. The number of rotatable bonds is 0. The van der Waals surface area contributed by atoms with E-state index in [9.17, 15) is 4.79 Å². The summed E-state index contributed by atoms with van der Waals surface area (Å²) in [6, 6.07) is 0. The summed E-state index contributed by atoms with van der Waals surface area (Å²) in [6.07, 6.45) is 0. The molecular formula is C3H6OPd+2. The molecule has 32 valence electrons. The zero-order chi connectivity index (χ0) is 3.58.